The first-order valence-corrected chi connectivity index (χ1v) is 6.53. The molecule has 0 saturated carbocycles. The number of nitrogens with one attached hydrogen (secondary N) is 1. The Bertz CT molecular complexity index is 361. The van der Waals surface area contributed by atoms with Crippen molar-refractivity contribution in [3.63, 3.8) is 0 Å². The fourth-order valence-electron chi connectivity index (χ4n) is 1.89. The molecule has 1 rings (SSSR count). The van der Waals surface area contributed by atoms with Crippen LogP contribution in [-0.4, -0.2) is 41.9 Å². The molecule has 0 saturated heterocycles. The molecule has 1 unspecified atom stereocenters. The van der Waals surface area contributed by atoms with Crippen LogP contribution in [0.2, 0.25) is 0 Å². The average Bonchev–Trinajstić information content (AvgIpc) is 2.45. The summed E-state index contributed by atoms with van der Waals surface area (Å²) in [6, 6.07) is 1.60. The Morgan fingerprint density at radius 2 is 1.68 bits per heavy atom. The van der Waals surface area contributed by atoms with Crippen LogP contribution in [0.5, 0.6) is 11.8 Å². The van der Waals surface area contributed by atoms with E-state index in [1.807, 2.05) is 0 Å². The number of hydrogen-bond donors (Lipinski definition) is 2. The van der Waals surface area contributed by atoms with Crippen LogP contribution in [0, 0.1) is 5.92 Å². The third kappa shape index (κ3) is 4.55. The maximum absolute atomic E-state index is 10.0. The van der Waals surface area contributed by atoms with Gasteiger partial charge in [0.25, 0.3) is 0 Å². The Balaban J connectivity index is 2.66. The molecule has 0 aliphatic carbocycles. The number of methoxy groups -OCH3 is 2. The average molecular weight is 269 g/mol. The number of nitrogens with zero attached hydrogens (tertiary/aromatic N) is 2. The molecule has 1 heterocycles. The van der Waals surface area contributed by atoms with Crippen molar-refractivity contribution in [3.05, 3.63) is 6.07 Å². The molecule has 0 aliphatic rings. The zero-order valence-electron chi connectivity index (χ0n) is 12.0. The van der Waals surface area contributed by atoms with Crippen molar-refractivity contribution in [1.29, 1.82) is 0 Å². The van der Waals surface area contributed by atoms with E-state index in [9.17, 15) is 5.11 Å². The van der Waals surface area contributed by atoms with Crippen LogP contribution in [0.25, 0.3) is 0 Å². The van der Waals surface area contributed by atoms with Crippen molar-refractivity contribution in [2.45, 2.75) is 32.8 Å². The lowest BCUT2D eigenvalue weighted by Crippen LogP contribution is -2.28. The smallest absolute Gasteiger partial charge is 0.229 e. The predicted octanol–water partition coefficient (Wildman–Crippen LogP) is 1.70. The number of hydrogen-bond acceptors (Lipinski definition) is 6. The molecule has 0 aliphatic heterocycles. The maximum Gasteiger partial charge on any atom is 0.229 e. The first-order valence-electron chi connectivity index (χ1n) is 6.53. The van der Waals surface area contributed by atoms with Crippen molar-refractivity contribution in [1.82, 2.24) is 9.97 Å². The van der Waals surface area contributed by atoms with Gasteiger partial charge in [0.2, 0.25) is 17.7 Å². The summed E-state index contributed by atoms with van der Waals surface area (Å²) in [7, 11) is 3.06. The van der Waals surface area contributed by atoms with E-state index in [1.165, 1.54) is 14.2 Å². The van der Waals surface area contributed by atoms with E-state index in [4.69, 9.17) is 9.47 Å². The van der Waals surface area contributed by atoms with E-state index < -0.39 is 6.10 Å². The number of anilines is 1. The molecule has 2 N–H and O–H groups in total. The van der Waals surface area contributed by atoms with Crippen molar-refractivity contribution in [2.75, 3.05) is 26.1 Å². The third-order valence-corrected chi connectivity index (χ3v) is 3.16. The molecule has 6 heteroatoms. The van der Waals surface area contributed by atoms with Crippen molar-refractivity contribution in [2.24, 2.45) is 5.92 Å². The number of rotatable bonds is 8. The fraction of sp³-hybridized carbons (Fsp3) is 0.692. The van der Waals surface area contributed by atoms with Gasteiger partial charge in [-0.05, 0) is 5.92 Å². The number of aliphatic hydroxyl groups excluding tert-OH is 1. The Kier molecular flexibility index (Phi) is 6.35. The number of aliphatic hydroxyl groups is 1. The van der Waals surface area contributed by atoms with Gasteiger partial charge in [0.15, 0.2) is 0 Å². The van der Waals surface area contributed by atoms with Gasteiger partial charge in [-0.3, -0.25) is 0 Å². The summed E-state index contributed by atoms with van der Waals surface area (Å²) < 4.78 is 10.1. The van der Waals surface area contributed by atoms with Crippen LogP contribution in [0.4, 0.5) is 5.95 Å². The Morgan fingerprint density at radius 3 is 2.11 bits per heavy atom. The molecule has 19 heavy (non-hydrogen) atoms. The highest BCUT2D eigenvalue weighted by molar-refractivity contribution is 5.33. The van der Waals surface area contributed by atoms with Crippen LogP contribution in [0.15, 0.2) is 6.07 Å². The van der Waals surface area contributed by atoms with Crippen LogP contribution in [-0.2, 0) is 0 Å². The highest BCUT2D eigenvalue weighted by Crippen LogP contribution is 2.18. The van der Waals surface area contributed by atoms with Gasteiger partial charge >= 0.3 is 0 Å². The molecule has 0 spiro atoms. The van der Waals surface area contributed by atoms with Gasteiger partial charge in [0, 0.05) is 6.54 Å². The van der Waals surface area contributed by atoms with E-state index >= 15 is 0 Å². The van der Waals surface area contributed by atoms with Crippen molar-refractivity contribution < 1.29 is 14.6 Å². The summed E-state index contributed by atoms with van der Waals surface area (Å²) in [5, 5.41) is 13.1. The molecular formula is C13H23N3O3. The van der Waals surface area contributed by atoms with Gasteiger partial charge in [-0.15, -0.1) is 0 Å². The predicted molar refractivity (Wildman–Crippen MR) is 73.7 cm³/mol. The molecular weight excluding hydrogens is 246 g/mol. The molecule has 0 bridgehead atoms. The van der Waals surface area contributed by atoms with E-state index in [0.717, 1.165) is 12.8 Å². The molecule has 0 aromatic carbocycles. The number of aromatic nitrogens is 2. The lowest BCUT2D eigenvalue weighted by atomic mass is 9.97. The first-order chi connectivity index (χ1) is 9.14. The van der Waals surface area contributed by atoms with Crippen molar-refractivity contribution in [3.8, 4) is 11.8 Å². The molecule has 0 radical (unpaired) electrons. The standard InChI is InChI=1S/C13H23N3O3/c1-5-9(6-2)10(17)8-14-13-15-11(18-3)7-12(16-13)19-4/h7,9-10,17H,5-6,8H2,1-4H3,(H,14,15,16). The van der Waals surface area contributed by atoms with Gasteiger partial charge in [-0.2, -0.15) is 9.97 Å². The largest absolute Gasteiger partial charge is 0.481 e. The van der Waals surface area contributed by atoms with Crippen LogP contribution in [0.3, 0.4) is 0 Å². The summed E-state index contributed by atoms with van der Waals surface area (Å²) >= 11 is 0. The maximum atomic E-state index is 10.0. The third-order valence-electron chi connectivity index (χ3n) is 3.16. The molecule has 108 valence electrons. The molecule has 1 aromatic rings. The van der Waals surface area contributed by atoms with Crippen molar-refractivity contribution >= 4 is 5.95 Å². The minimum Gasteiger partial charge on any atom is -0.481 e. The lowest BCUT2D eigenvalue weighted by molar-refractivity contribution is 0.114. The fourth-order valence-corrected chi connectivity index (χ4v) is 1.89. The van der Waals surface area contributed by atoms with Gasteiger partial charge < -0.3 is 19.9 Å². The van der Waals surface area contributed by atoms with Crippen LogP contribution < -0.4 is 14.8 Å². The van der Waals surface area contributed by atoms with Gasteiger partial charge in [-0.1, -0.05) is 26.7 Å². The zero-order valence-corrected chi connectivity index (χ0v) is 12.0. The Hall–Kier alpha value is -1.56. The van der Waals surface area contributed by atoms with Crippen LogP contribution in [0.1, 0.15) is 26.7 Å². The number of ether oxygens (including phenoxy) is 2. The lowest BCUT2D eigenvalue weighted by Gasteiger charge is -2.20. The summed E-state index contributed by atoms with van der Waals surface area (Å²) in [5.41, 5.74) is 0. The monoisotopic (exact) mass is 269 g/mol. The second-order valence-electron chi connectivity index (χ2n) is 4.30. The van der Waals surface area contributed by atoms with Crippen LogP contribution >= 0.6 is 0 Å². The van der Waals surface area contributed by atoms with Gasteiger partial charge in [0.1, 0.15) is 0 Å². The van der Waals surface area contributed by atoms with Gasteiger partial charge in [0.05, 0.1) is 26.4 Å². The minimum atomic E-state index is -0.421. The Labute approximate surface area is 114 Å². The SMILES string of the molecule is CCC(CC)C(O)CNc1nc(OC)cc(OC)n1. The zero-order chi connectivity index (χ0) is 14.3. The second-order valence-corrected chi connectivity index (χ2v) is 4.30. The highest BCUT2D eigenvalue weighted by Gasteiger charge is 2.16. The summed E-state index contributed by atoms with van der Waals surface area (Å²) in [5.74, 6) is 1.51. The Morgan fingerprint density at radius 1 is 1.16 bits per heavy atom. The first kappa shape index (κ1) is 15.5. The normalized spacial score (nSPS) is 12.3. The van der Waals surface area contributed by atoms with E-state index in [-0.39, 0.29) is 5.92 Å². The van der Waals surface area contributed by atoms with E-state index in [0.29, 0.717) is 24.3 Å². The molecule has 1 atom stereocenters. The molecule has 6 nitrogen and oxygen atoms in total. The molecule has 0 fully saturated rings. The minimum absolute atomic E-state index is 0.278. The van der Waals surface area contributed by atoms with E-state index in [1.54, 1.807) is 6.07 Å². The van der Waals surface area contributed by atoms with E-state index in [2.05, 4.69) is 29.1 Å². The quantitative estimate of drug-likeness (QED) is 0.748. The van der Waals surface area contributed by atoms with Gasteiger partial charge in [-0.25, -0.2) is 0 Å². The topological polar surface area (TPSA) is 76.5 Å². The summed E-state index contributed by atoms with van der Waals surface area (Å²) in [4.78, 5) is 8.29. The molecule has 0 amide bonds. The summed E-state index contributed by atoms with van der Waals surface area (Å²) in [6.45, 7) is 4.55. The highest BCUT2D eigenvalue weighted by atomic mass is 16.5. The molecule has 1 aromatic heterocycles. The second kappa shape index (κ2) is 7.78. The summed E-state index contributed by atoms with van der Waals surface area (Å²) in [6.07, 6.45) is 1.47.